The summed E-state index contributed by atoms with van der Waals surface area (Å²) in [4.78, 5) is 47.7. The second-order valence-electron chi connectivity index (χ2n) is 7.14. The number of amides is 2. The molecule has 0 heterocycles. The van der Waals surface area contributed by atoms with Gasteiger partial charge in [0.1, 0.15) is 0 Å². The summed E-state index contributed by atoms with van der Waals surface area (Å²) in [6.07, 6.45) is 4.24. The summed E-state index contributed by atoms with van der Waals surface area (Å²) >= 11 is 0. The first-order valence-electron chi connectivity index (χ1n) is 9.98. The van der Waals surface area contributed by atoms with Crippen molar-refractivity contribution in [3.8, 4) is 0 Å². The van der Waals surface area contributed by atoms with Crippen molar-refractivity contribution in [3.63, 3.8) is 0 Å². The van der Waals surface area contributed by atoms with Crippen LogP contribution in [0.4, 0.5) is 0 Å². The Morgan fingerprint density at radius 3 is 2.30 bits per heavy atom. The van der Waals surface area contributed by atoms with Gasteiger partial charge in [0.25, 0.3) is 11.8 Å². The second kappa shape index (κ2) is 10.3. The van der Waals surface area contributed by atoms with Gasteiger partial charge in [-0.1, -0.05) is 30.3 Å². The number of rotatable bonds is 7. The maximum Gasteiger partial charge on any atom is 0.306 e. The van der Waals surface area contributed by atoms with Crippen molar-refractivity contribution in [2.75, 3.05) is 6.61 Å². The van der Waals surface area contributed by atoms with Gasteiger partial charge in [-0.15, -0.1) is 0 Å². The normalized spacial score (nSPS) is 12.4. The molecule has 2 aromatic rings. The quantitative estimate of drug-likeness (QED) is 0.416. The minimum atomic E-state index is -0.673. The second-order valence-corrected chi connectivity index (χ2v) is 7.14. The largest absolute Gasteiger partial charge is 0.455 e. The summed E-state index contributed by atoms with van der Waals surface area (Å²) in [5.74, 6) is -1.93. The summed E-state index contributed by atoms with van der Waals surface area (Å²) in [6.45, 7) is -0.541. The molecule has 0 saturated carbocycles. The molecule has 0 unspecified atom stereocenters. The van der Waals surface area contributed by atoms with E-state index in [1.807, 2.05) is 12.1 Å². The van der Waals surface area contributed by atoms with E-state index in [-0.39, 0.29) is 18.6 Å². The third-order valence-corrected chi connectivity index (χ3v) is 4.94. The van der Waals surface area contributed by atoms with Crippen LogP contribution in [0.25, 0.3) is 0 Å². The Balaban J connectivity index is 1.36. The predicted octanol–water partition coefficient (Wildman–Crippen LogP) is 2.53. The Kier molecular flexibility index (Phi) is 7.32. The van der Waals surface area contributed by atoms with Gasteiger partial charge in [-0.25, -0.2) is 0 Å². The highest BCUT2D eigenvalue weighted by molar-refractivity contribution is 5.98. The number of benzene rings is 2. The van der Waals surface area contributed by atoms with Crippen LogP contribution in [-0.2, 0) is 27.2 Å². The average molecular weight is 408 g/mol. The first kappa shape index (κ1) is 21.2. The van der Waals surface area contributed by atoms with Gasteiger partial charge in [-0.05, 0) is 55.0 Å². The third-order valence-electron chi connectivity index (χ3n) is 4.94. The van der Waals surface area contributed by atoms with Gasteiger partial charge in [0, 0.05) is 17.5 Å². The van der Waals surface area contributed by atoms with Crippen LogP contribution >= 0.6 is 0 Å². The number of ether oxygens (including phenoxy) is 1. The topological polar surface area (TPSA) is 102 Å². The molecule has 2 N–H and O–H groups in total. The van der Waals surface area contributed by atoms with Gasteiger partial charge >= 0.3 is 5.97 Å². The molecule has 0 atom stereocenters. The van der Waals surface area contributed by atoms with Crippen LogP contribution in [0, 0.1) is 0 Å². The van der Waals surface area contributed by atoms with Crippen molar-refractivity contribution in [1.29, 1.82) is 0 Å². The number of hydrogen-bond donors (Lipinski definition) is 2. The zero-order chi connectivity index (χ0) is 21.3. The van der Waals surface area contributed by atoms with Crippen molar-refractivity contribution in [3.05, 3.63) is 70.8 Å². The van der Waals surface area contributed by atoms with Crippen LogP contribution < -0.4 is 10.9 Å². The summed E-state index contributed by atoms with van der Waals surface area (Å²) in [7, 11) is 0. The molecule has 2 amide bonds. The number of hydrogen-bond acceptors (Lipinski definition) is 5. The average Bonchev–Trinajstić information content (AvgIpc) is 2.79. The summed E-state index contributed by atoms with van der Waals surface area (Å²) in [6, 6.07) is 14.1. The van der Waals surface area contributed by atoms with E-state index < -0.39 is 24.4 Å². The minimum Gasteiger partial charge on any atom is -0.455 e. The number of aryl methyl sites for hydroxylation is 2. The van der Waals surface area contributed by atoms with E-state index in [4.69, 9.17) is 4.74 Å². The molecule has 30 heavy (non-hydrogen) atoms. The summed E-state index contributed by atoms with van der Waals surface area (Å²) in [5.41, 5.74) is 7.90. The third kappa shape index (κ3) is 6.01. The van der Waals surface area contributed by atoms with Crippen LogP contribution in [0.1, 0.15) is 57.5 Å². The number of ketones is 1. The highest BCUT2D eigenvalue weighted by Crippen LogP contribution is 2.23. The molecule has 0 aromatic heterocycles. The van der Waals surface area contributed by atoms with Gasteiger partial charge in [-0.2, -0.15) is 0 Å². The molecular weight excluding hydrogens is 384 g/mol. The Morgan fingerprint density at radius 1 is 0.800 bits per heavy atom. The smallest absolute Gasteiger partial charge is 0.306 e. The summed E-state index contributed by atoms with van der Waals surface area (Å²) in [5, 5.41) is 0. The lowest BCUT2D eigenvalue weighted by Gasteiger charge is -2.16. The Morgan fingerprint density at radius 2 is 1.53 bits per heavy atom. The molecule has 7 heteroatoms. The number of Topliss-reactive ketones (excluding diaryl/α,β-unsaturated/α-hetero) is 1. The van der Waals surface area contributed by atoms with Crippen LogP contribution in [0.15, 0.2) is 48.5 Å². The Labute approximate surface area is 174 Å². The van der Waals surface area contributed by atoms with Gasteiger partial charge in [0.15, 0.2) is 12.4 Å². The van der Waals surface area contributed by atoms with Gasteiger partial charge < -0.3 is 4.74 Å². The number of carbonyl (C=O) groups is 4. The Bertz CT molecular complexity index is 940. The van der Waals surface area contributed by atoms with E-state index in [9.17, 15) is 19.2 Å². The lowest BCUT2D eigenvalue weighted by molar-refractivity contribution is -0.148. The van der Waals surface area contributed by atoms with E-state index >= 15 is 0 Å². The van der Waals surface area contributed by atoms with E-state index in [1.165, 1.54) is 17.5 Å². The summed E-state index contributed by atoms with van der Waals surface area (Å²) < 4.78 is 4.86. The van der Waals surface area contributed by atoms with E-state index in [1.54, 1.807) is 36.4 Å². The lowest BCUT2D eigenvalue weighted by atomic mass is 9.89. The van der Waals surface area contributed by atoms with E-state index in [2.05, 4.69) is 10.9 Å². The van der Waals surface area contributed by atoms with Crippen LogP contribution in [0.5, 0.6) is 0 Å². The van der Waals surface area contributed by atoms with Crippen molar-refractivity contribution in [2.45, 2.75) is 38.5 Å². The maximum atomic E-state index is 12.4. The number of hydrazine groups is 1. The minimum absolute atomic E-state index is 0.0178. The predicted molar refractivity (Wildman–Crippen MR) is 110 cm³/mol. The van der Waals surface area contributed by atoms with Gasteiger partial charge in [0.05, 0.1) is 6.42 Å². The standard InChI is InChI=1S/C23H24N2O5/c26-20(19-11-10-16-6-4-5-9-18(16)14-19)12-13-22(28)30-15-21(27)24-25-23(29)17-7-2-1-3-8-17/h1-3,7-8,10-11,14H,4-6,9,12-13,15H2,(H,24,27)(H,25,29). The number of fused-ring (bicyclic) bond motifs is 1. The molecule has 0 radical (unpaired) electrons. The Hall–Kier alpha value is -3.48. The molecular formula is C23H24N2O5. The first-order chi connectivity index (χ1) is 14.5. The zero-order valence-corrected chi connectivity index (χ0v) is 16.6. The molecule has 0 aliphatic heterocycles. The monoisotopic (exact) mass is 408 g/mol. The molecule has 0 saturated heterocycles. The molecule has 1 aliphatic carbocycles. The number of nitrogens with one attached hydrogen (secondary N) is 2. The van der Waals surface area contributed by atoms with Crippen molar-refractivity contribution < 1.29 is 23.9 Å². The van der Waals surface area contributed by atoms with E-state index in [0.29, 0.717) is 11.1 Å². The molecule has 2 aromatic carbocycles. The van der Waals surface area contributed by atoms with Crippen LogP contribution in [-0.4, -0.2) is 30.2 Å². The fraction of sp³-hybridized carbons (Fsp3) is 0.304. The number of carbonyl (C=O) groups excluding carboxylic acids is 4. The van der Waals surface area contributed by atoms with E-state index in [0.717, 1.165) is 19.3 Å². The fourth-order valence-electron chi connectivity index (χ4n) is 3.31. The molecule has 0 bridgehead atoms. The number of esters is 1. The van der Waals surface area contributed by atoms with Crippen molar-refractivity contribution in [2.24, 2.45) is 0 Å². The SMILES string of the molecule is O=C(COC(=O)CCC(=O)c1ccc2c(c1)CCCC2)NNC(=O)c1ccccc1. The van der Waals surface area contributed by atoms with Crippen LogP contribution in [0.2, 0.25) is 0 Å². The highest BCUT2D eigenvalue weighted by Gasteiger charge is 2.15. The molecule has 0 fully saturated rings. The van der Waals surface area contributed by atoms with Crippen molar-refractivity contribution in [1.82, 2.24) is 10.9 Å². The molecule has 7 nitrogen and oxygen atoms in total. The fourth-order valence-corrected chi connectivity index (χ4v) is 3.31. The van der Waals surface area contributed by atoms with Crippen molar-refractivity contribution >= 4 is 23.6 Å². The van der Waals surface area contributed by atoms with Gasteiger partial charge in [-0.3, -0.25) is 30.0 Å². The molecule has 156 valence electrons. The van der Waals surface area contributed by atoms with Crippen LogP contribution in [0.3, 0.4) is 0 Å². The highest BCUT2D eigenvalue weighted by atomic mass is 16.5. The first-order valence-corrected chi connectivity index (χ1v) is 9.98. The molecule has 1 aliphatic rings. The zero-order valence-electron chi connectivity index (χ0n) is 16.6. The molecule has 3 rings (SSSR count). The lowest BCUT2D eigenvalue weighted by Crippen LogP contribution is -2.43. The van der Waals surface area contributed by atoms with Gasteiger partial charge in [0.2, 0.25) is 0 Å². The maximum absolute atomic E-state index is 12.4. The molecule has 0 spiro atoms.